The van der Waals surface area contributed by atoms with Gasteiger partial charge in [0.15, 0.2) is 0 Å². The minimum absolute atomic E-state index is 0.0763. The van der Waals surface area contributed by atoms with Crippen LogP contribution in [0.2, 0.25) is 0 Å². The first kappa shape index (κ1) is 13.1. The molecule has 0 saturated carbocycles. The highest BCUT2D eigenvalue weighted by molar-refractivity contribution is 6.05. The lowest BCUT2D eigenvalue weighted by Crippen LogP contribution is -2.42. The van der Waals surface area contributed by atoms with Crippen LogP contribution in [-0.4, -0.2) is 35.4 Å². The zero-order valence-electron chi connectivity index (χ0n) is 11.5. The Morgan fingerprint density at radius 1 is 1.35 bits per heavy atom. The summed E-state index contributed by atoms with van der Waals surface area (Å²) in [5, 5.41) is 1.01. The summed E-state index contributed by atoms with van der Waals surface area (Å²) in [6.45, 7) is 2.23. The maximum Gasteiger partial charge on any atom is 0.256 e. The smallest absolute Gasteiger partial charge is 0.256 e. The number of para-hydroxylation sites is 1. The molecule has 1 aliphatic heterocycles. The topological polar surface area (TPSA) is 59.2 Å². The van der Waals surface area contributed by atoms with Crippen LogP contribution in [0.25, 0.3) is 10.9 Å². The molecule has 0 bridgehead atoms. The average molecular weight is 269 g/mol. The molecule has 2 heterocycles. The SMILES string of the molecule is NCC1CCCN(C(=O)c2cccc3cccnc23)C1. The number of hydrogen-bond acceptors (Lipinski definition) is 3. The van der Waals surface area contributed by atoms with E-state index >= 15 is 0 Å². The Morgan fingerprint density at radius 3 is 3.05 bits per heavy atom. The third kappa shape index (κ3) is 2.39. The highest BCUT2D eigenvalue weighted by atomic mass is 16.2. The number of nitrogens with two attached hydrogens (primary N) is 1. The van der Waals surface area contributed by atoms with Crippen LogP contribution in [-0.2, 0) is 0 Å². The van der Waals surface area contributed by atoms with Crippen molar-refractivity contribution in [1.82, 2.24) is 9.88 Å². The van der Waals surface area contributed by atoms with Gasteiger partial charge in [-0.25, -0.2) is 0 Å². The minimum Gasteiger partial charge on any atom is -0.338 e. The number of benzene rings is 1. The zero-order chi connectivity index (χ0) is 13.9. The summed E-state index contributed by atoms with van der Waals surface area (Å²) in [5.41, 5.74) is 7.23. The molecule has 4 heteroatoms. The summed E-state index contributed by atoms with van der Waals surface area (Å²) in [5.74, 6) is 0.503. The molecule has 1 atom stereocenters. The third-order valence-electron chi connectivity index (χ3n) is 4.00. The van der Waals surface area contributed by atoms with Crippen molar-refractivity contribution in [1.29, 1.82) is 0 Å². The van der Waals surface area contributed by atoms with Crippen LogP contribution < -0.4 is 5.73 Å². The number of likely N-dealkylation sites (tertiary alicyclic amines) is 1. The summed E-state index contributed by atoms with van der Waals surface area (Å²) in [6.07, 6.45) is 3.89. The Labute approximate surface area is 118 Å². The molecule has 2 N–H and O–H groups in total. The van der Waals surface area contributed by atoms with Gasteiger partial charge in [0.05, 0.1) is 11.1 Å². The second-order valence-corrected chi connectivity index (χ2v) is 5.38. The van der Waals surface area contributed by atoms with Crippen LogP contribution in [0, 0.1) is 5.92 Å². The van der Waals surface area contributed by atoms with E-state index in [1.165, 1.54) is 0 Å². The van der Waals surface area contributed by atoms with E-state index < -0.39 is 0 Å². The predicted molar refractivity (Wildman–Crippen MR) is 79.4 cm³/mol. The Bertz CT molecular complexity index is 621. The van der Waals surface area contributed by atoms with E-state index in [-0.39, 0.29) is 5.91 Å². The Balaban J connectivity index is 1.92. The molecule has 1 fully saturated rings. The molecule has 104 valence electrons. The van der Waals surface area contributed by atoms with Gasteiger partial charge in [0, 0.05) is 24.7 Å². The fourth-order valence-corrected chi connectivity index (χ4v) is 2.89. The zero-order valence-corrected chi connectivity index (χ0v) is 11.5. The van der Waals surface area contributed by atoms with Gasteiger partial charge in [-0.2, -0.15) is 0 Å². The Morgan fingerprint density at radius 2 is 2.20 bits per heavy atom. The first-order valence-electron chi connectivity index (χ1n) is 7.12. The number of piperidine rings is 1. The number of nitrogens with zero attached hydrogens (tertiary/aromatic N) is 2. The van der Waals surface area contributed by atoms with Gasteiger partial charge in [0.25, 0.3) is 5.91 Å². The van der Waals surface area contributed by atoms with Crippen molar-refractivity contribution in [3.8, 4) is 0 Å². The van der Waals surface area contributed by atoms with Gasteiger partial charge in [-0.15, -0.1) is 0 Å². The van der Waals surface area contributed by atoms with Gasteiger partial charge in [0.2, 0.25) is 0 Å². The van der Waals surface area contributed by atoms with Crippen molar-refractivity contribution < 1.29 is 4.79 Å². The fourth-order valence-electron chi connectivity index (χ4n) is 2.89. The monoisotopic (exact) mass is 269 g/mol. The van der Waals surface area contributed by atoms with E-state index in [2.05, 4.69) is 4.98 Å². The average Bonchev–Trinajstić information content (AvgIpc) is 2.53. The molecule has 2 aromatic rings. The fraction of sp³-hybridized carbons (Fsp3) is 0.375. The van der Waals surface area contributed by atoms with Crippen LogP contribution in [0.1, 0.15) is 23.2 Å². The van der Waals surface area contributed by atoms with Crippen molar-refractivity contribution in [2.45, 2.75) is 12.8 Å². The van der Waals surface area contributed by atoms with Gasteiger partial charge < -0.3 is 10.6 Å². The molecular formula is C16H19N3O. The van der Waals surface area contributed by atoms with E-state index in [0.29, 0.717) is 18.0 Å². The van der Waals surface area contributed by atoms with Crippen LogP contribution in [0.3, 0.4) is 0 Å². The molecule has 1 amide bonds. The standard InChI is InChI=1S/C16H19N3O/c17-10-12-4-3-9-19(11-12)16(20)14-7-1-5-13-6-2-8-18-15(13)14/h1-2,5-8,12H,3-4,9-11,17H2. The van der Waals surface area contributed by atoms with E-state index in [1.807, 2.05) is 35.2 Å². The molecule has 1 unspecified atom stereocenters. The number of rotatable bonds is 2. The van der Waals surface area contributed by atoms with Crippen molar-refractivity contribution >= 4 is 16.8 Å². The van der Waals surface area contributed by atoms with Crippen LogP contribution in [0.15, 0.2) is 36.5 Å². The van der Waals surface area contributed by atoms with E-state index in [1.54, 1.807) is 6.20 Å². The van der Waals surface area contributed by atoms with Crippen molar-refractivity contribution in [2.75, 3.05) is 19.6 Å². The number of carbonyl (C=O) groups is 1. The Hall–Kier alpha value is -1.94. The van der Waals surface area contributed by atoms with Crippen molar-refractivity contribution in [3.63, 3.8) is 0 Å². The quantitative estimate of drug-likeness (QED) is 0.907. The summed E-state index contributed by atoms with van der Waals surface area (Å²) in [4.78, 5) is 19.0. The molecular weight excluding hydrogens is 250 g/mol. The molecule has 1 saturated heterocycles. The lowest BCUT2D eigenvalue weighted by atomic mass is 9.97. The number of amides is 1. The summed E-state index contributed by atoms with van der Waals surface area (Å²) < 4.78 is 0. The predicted octanol–water partition coefficient (Wildman–Crippen LogP) is 2.05. The van der Waals surface area contributed by atoms with Gasteiger partial charge in [-0.3, -0.25) is 9.78 Å². The highest BCUT2D eigenvalue weighted by Crippen LogP contribution is 2.21. The van der Waals surface area contributed by atoms with Gasteiger partial charge in [-0.1, -0.05) is 18.2 Å². The van der Waals surface area contributed by atoms with E-state index in [9.17, 15) is 4.79 Å². The molecule has 1 aliphatic rings. The minimum atomic E-state index is 0.0763. The van der Waals surface area contributed by atoms with Gasteiger partial charge >= 0.3 is 0 Å². The Kier molecular flexibility index (Phi) is 3.65. The number of carbonyl (C=O) groups excluding carboxylic acids is 1. The van der Waals surface area contributed by atoms with Crippen molar-refractivity contribution in [2.24, 2.45) is 11.7 Å². The van der Waals surface area contributed by atoms with Crippen molar-refractivity contribution in [3.05, 3.63) is 42.1 Å². The first-order valence-corrected chi connectivity index (χ1v) is 7.12. The van der Waals surface area contributed by atoms with E-state index in [4.69, 9.17) is 5.73 Å². The maximum atomic E-state index is 12.7. The molecule has 20 heavy (non-hydrogen) atoms. The highest BCUT2D eigenvalue weighted by Gasteiger charge is 2.24. The molecule has 0 radical (unpaired) electrons. The maximum absolute atomic E-state index is 12.7. The van der Waals surface area contributed by atoms with Gasteiger partial charge in [-0.05, 0) is 37.4 Å². The molecule has 1 aromatic heterocycles. The summed E-state index contributed by atoms with van der Waals surface area (Å²) >= 11 is 0. The third-order valence-corrected chi connectivity index (χ3v) is 4.00. The van der Waals surface area contributed by atoms with Crippen LogP contribution >= 0.6 is 0 Å². The number of hydrogen-bond donors (Lipinski definition) is 1. The number of pyridine rings is 1. The number of aromatic nitrogens is 1. The van der Waals surface area contributed by atoms with Crippen LogP contribution in [0.4, 0.5) is 0 Å². The van der Waals surface area contributed by atoms with Gasteiger partial charge in [0.1, 0.15) is 0 Å². The summed E-state index contributed by atoms with van der Waals surface area (Å²) in [7, 11) is 0. The lowest BCUT2D eigenvalue weighted by Gasteiger charge is -2.32. The molecule has 3 rings (SSSR count). The van der Waals surface area contributed by atoms with E-state index in [0.717, 1.165) is 36.8 Å². The first-order chi connectivity index (χ1) is 9.79. The molecule has 4 nitrogen and oxygen atoms in total. The number of fused-ring (bicyclic) bond motifs is 1. The lowest BCUT2D eigenvalue weighted by molar-refractivity contribution is 0.0680. The molecule has 0 aliphatic carbocycles. The second-order valence-electron chi connectivity index (χ2n) is 5.38. The summed E-state index contributed by atoms with van der Waals surface area (Å²) in [6, 6.07) is 9.64. The molecule has 1 aromatic carbocycles. The normalized spacial score (nSPS) is 19.2. The van der Waals surface area contributed by atoms with Crippen LogP contribution in [0.5, 0.6) is 0 Å². The largest absolute Gasteiger partial charge is 0.338 e. The second kappa shape index (κ2) is 5.59. The molecule has 0 spiro atoms.